The third kappa shape index (κ3) is 5.04. The van der Waals surface area contributed by atoms with Gasteiger partial charge >= 0.3 is 5.97 Å². The summed E-state index contributed by atoms with van der Waals surface area (Å²) in [5.41, 5.74) is 1.75. The lowest BCUT2D eigenvalue weighted by molar-refractivity contribution is -0.136. The number of carboxylic acids is 1. The number of benzene rings is 1. The van der Waals surface area contributed by atoms with Gasteiger partial charge in [0.25, 0.3) is 5.91 Å². The molecule has 0 aliphatic heterocycles. The number of anilines is 2. The van der Waals surface area contributed by atoms with Crippen LogP contribution in [0, 0.1) is 0 Å². The van der Waals surface area contributed by atoms with Gasteiger partial charge in [0.2, 0.25) is 0 Å². The summed E-state index contributed by atoms with van der Waals surface area (Å²) in [7, 11) is 1.44. The van der Waals surface area contributed by atoms with E-state index in [0.717, 1.165) is 18.8 Å². The normalized spacial score (nSPS) is 10.3. The molecule has 1 aromatic rings. The van der Waals surface area contributed by atoms with Crippen molar-refractivity contribution in [1.82, 2.24) is 0 Å². The predicted octanol–water partition coefficient (Wildman–Crippen LogP) is 1.99. The number of nitrogens with zero attached hydrogens (tertiary/aromatic N) is 2. The van der Waals surface area contributed by atoms with Gasteiger partial charge in [0.15, 0.2) is 0 Å². The second-order valence-corrected chi connectivity index (χ2v) is 4.81. The Morgan fingerprint density at radius 1 is 1.09 bits per heavy atom. The first kappa shape index (κ1) is 18.0. The number of carbonyl (C=O) groups is 2. The number of carboxylic acid groups (broad SMARTS) is 1. The van der Waals surface area contributed by atoms with E-state index in [1.54, 1.807) is 0 Å². The van der Waals surface area contributed by atoms with Crippen molar-refractivity contribution in [2.45, 2.75) is 20.3 Å². The van der Waals surface area contributed by atoms with Crippen LogP contribution in [0.25, 0.3) is 0 Å². The maximum atomic E-state index is 12.1. The molecule has 0 bridgehead atoms. The van der Waals surface area contributed by atoms with E-state index in [-0.39, 0.29) is 25.5 Å². The van der Waals surface area contributed by atoms with E-state index in [1.165, 1.54) is 12.0 Å². The minimum absolute atomic E-state index is 0.0720. The molecule has 0 saturated heterocycles. The largest absolute Gasteiger partial charge is 0.481 e. The van der Waals surface area contributed by atoms with Gasteiger partial charge in [0, 0.05) is 38.1 Å². The first-order valence-corrected chi connectivity index (χ1v) is 7.39. The van der Waals surface area contributed by atoms with Gasteiger partial charge in [-0.2, -0.15) is 0 Å². The van der Waals surface area contributed by atoms with E-state index < -0.39 is 5.97 Å². The molecule has 6 nitrogen and oxygen atoms in total. The highest BCUT2D eigenvalue weighted by molar-refractivity contribution is 5.94. The molecule has 1 rings (SSSR count). The molecular formula is C16H24N2O4. The van der Waals surface area contributed by atoms with Crippen LogP contribution in [-0.4, -0.2) is 50.3 Å². The minimum Gasteiger partial charge on any atom is -0.481 e. The van der Waals surface area contributed by atoms with Crippen LogP contribution in [-0.2, 0) is 14.3 Å². The van der Waals surface area contributed by atoms with E-state index in [0.29, 0.717) is 5.69 Å². The molecular weight excluding hydrogens is 284 g/mol. The van der Waals surface area contributed by atoms with Crippen LogP contribution >= 0.6 is 0 Å². The van der Waals surface area contributed by atoms with Gasteiger partial charge < -0.3 is 19.6 Å². The van der Waals surface area contributed by atoms with Crippen LogP contribution in [0.5, 0.6) is 0 Å². The summed E-state index contributed by atoms with van der Waals surface area (Å²) in [5, 5.41) is 8.83. The van der Waals surface area contributed by atoms with E-state index >= 15 is 0 Å². The van der Waals surface area contributed by atoms with Gasteiger partial charge in [-0.3, -0.25) is 9.59 Å². The molecule has 6 heteroatoms. The topological polar surface area (TPSA) is 70.1 Å². The predicted molar refractivity (Wildman–Crippen MR) is 86.5 cm³/mol. The van der Waals surface area contributed by atoms with E-state index in [1.807, 2.05) is 24.3 Å². The third-order valence-electron chi connectivity index (χ3n) is 3.41. The molecule has 122 valence electrons. The van der Waals surface area contributed by atoms with Crippen LogP contribution in [0.1, 0.15) is 20.3 Å². The van der Waals surface area contributed by atoms with E-state index in [4.69, 9.17) is 9.84 Å². The highest BCUT2D eigenvalue weighted by Gasteiger charge is 2.17. The third-order valence-corrected chi connectivity index (χ3v) is 3.41. The quantitative estimate of drug-likeness (QED) is 0.755. The first-order valence-electron chi connectivity index (χ1n) is 7.39. The van der Waals surface area contributed by atoms with Crippen LogP contribution < -0.4 is 9.80 Å². The Morgan fingerprint density at radius 2 is 1.64 bits per heavy atom. The van der Waals surface area contributed by atoms with Crippen molar-refractivity contribution in [3.63, 3.8) is 0 Å². The van der Waals surface area contributed by atoms with E-state index in [9.17, 15) is 9.59 Å². The standard InChI is InChI=1S/C16H24N2O4/c1-4-17(5-2)13-6-8-14(9-7-13)18(11-10-16(20)21)15(19)12-22-3/h6-9H,4-5,10-12H2,1-3H3,(H,20,21). The smallest absolute Gasteiger partial charge is 0.305 e. The number of hydrogen-bond donors (Lipinski definition) is 1. The van der Waals surface area contributed by atoms with Crippen molar-refractivity contribution in [2.24, 2.45) is 0 Å². The Morgan fingerprint density at radius 3 is 2.09 bits per heavy atom. The van der Waals surface area contributed by atoms with Crippen molar-refractivity contribution < 1.29 is 19.4 Å². The van der Waals surface area contributed by atoms with Gasteiger partial charge in [0.1, 0.15) is 6.61 Å². The van der Waals surface area contributed by atoms with Crippen molar-refractivity contribution in [2.75, 3.05) is 43.2 Å². The SMILES string of the molecule is CCN(CC)c1ccc(N(CCC(=O)O)C(=O)COC)cc1. The van der Waals surface area contributed by atoms with E-state index in [2.05, 4.69) is 18.7 Å². The zero-order chi connectivity index (χ0) is 16.5. The van der Waals surface area contributed by atoms with Gasteiger partial charge in [-0.15, -0.1) is 0 Å². The molecule has 0 radical (unpaired) electrons. The summed E-state index contributed by atoms with van der Waals surface area (Å²) >= 11 is 0. The molecule has 0 fully saturated rings. The molecule has 0 unspecified atom stereocenters. The average Bonchev–Trinajstić information content (AvgIpc) is 2.50. The number of amides is 1. The summed E-state index contributed by atoms with van der Waals surface area (Å²) in [6.07, 6.45) is -0.104. The Hall–Kier alpha value is -2.08. The fourth-order valence-electron chi connectivity index (χ4n) is 2.24. The van der Waals surface area contributed by atoms with Crippen LogP contribution in [0.2, 0.25) is 0 Å². The summed E-state index contributed by atoms with van der Waals surface area (Å²) in [6.45, 7) is 6.03. The number of aliphatic carboxylic acids is 1. The van der Waals surface area contributed by atoms with Crippen molar-refractivity contribution in [1.29, 1.82) is 0 Å². The zero-order valence-electron chi connectivity index (χ0n) is 13.4. The molecule has 22 heavy (non-hydrogen) atoms. The number of carbonyl (C=O) groups excluding carboxylic acids is 1. The summed E-state index contributed by atoms with van der Waals surface area (Å²) in [5.74, 6) is -1.19. The molecule has 0 aromatic heterocycles. The Labute approximate surface area is 131 Å². The van der Waals surface area contributed by atoms with Gasteiger partial charge in [-0.25, -0.2) is 0 Å². The molecule has 0 saturated carbocycles. The molecule has 0 aliphatic carbocycles. The summed E-state index contributed by atoms with van der Waals surface area (Å²) in [4.78, 5) is 26.5. The average molecular weight is 308 g/mol. The monoisotopic (exact) mass is 308 g/mol. The summed E-state index contributed by atoms with van der Waals surface area (Å²) < 4.78 is 4.86. The fourth-order valence-corrected chi connectivity index (χ4v) is 2.24. The second kappa shape index (κ2) is 9.04. The number of rotatable bonds is 9. The number of hydrogen-bond acceptors (Lipinski definition) is 4. The fraction of sp³-hybridized carbons (Fsp3) is 0.500. The van der Waals surface area contributed by atoms with Gasteiger partial charge in [0.05, 0.1) is 6.42 Å². The van der Waals surface area contributed by atoms with Crippen molar-refractivity contribution in [3.8, 4) is 0 Å². The number of ether oxygens (including phenoxy) is 1. The van der Waals surface area contributed by atoms with Crippen molar-refractivity contribution >= 4 is 23.3 Å². The molecule has 1 amide bonds. The Bertz CT molecular complexity index is 483. The lowest BCUT2D eigenvalue weighted by Gasteiger charge is -2.24. The molecule has 0 spiro atoms. The first-order chi connectivity index (χ1) is 10.5. The lowest BCUT2D eigenvalue weighted by Crippen LogP contribution is -2.35. The van der Waals surface area contributed by atoms with Crippen LogP contribution in [0.4, 0.5) is 11.4 Å². The van der Waals surface area contributed by atoms with Gasteiger partial charge in [-0.05, 0) is 38.1 Å². The van der Waals surface area contributed by atoms with Crippen LogP contribution in [0.15, 0.2) is 24.3 Å². The molecule has 1 N–H and O–H groups in total. The van der Waals surface area contributed by atoms with Crippen LogP contribution in [0.3, 0.4) is 0 Å². The second-order valence-electron chi connectivity index (χ2n) is 4.81. The molecule has 1 aromatic carbocycles. The highest BCUT2D eigenvalue weighted by Crippen LogP contribution is 2.21. The molecule has 0 aliphatic rings. The lowest BCUT2D eigenvalue weighted by atomic mass is 10.2. The minimum atomic E-state index is -0.935. The maximum Gasteiger partial charge on any atom is 0.305 e. The van der Waals surface area contributed by atoms with Crippen molar-refractivity contribution in [3.05, 3.63) is 24.3 Å². The number of methoxy groups -OCH3 is 1. The Kier molecular flexibility index (Phi) is 7.39. The highest BCUT2D eigenvalue weighted by atomic mass is 16.5. The zero-order valence-corrected chi connectivity index (χ0v) is 13.4. The maximum absolute atomic E-state index is 12.1. The Balaban J connectivity index is 2.93. The summed E-state index contributed by atoms with van der Waals surface area (Å²) in [6, 6.07) is 7.55. The van der Waals surface area contributed by atoms with Gasteiger partial charge in [-0.1, -0.05) is 0 Å². The molecule has 0 atom stereocenters. The molecule has 0 heterocycles.